The Morgan fingerprint density at radius 2 is 1.67 bits per heavy atom. The Bertz CT molecular complexity index is 1660. The summed E-state index contributed by atoms with van der Waals surface area (Å²) in [5.41, 5.74) is 2.19. The van der Waals surface area contributed by atoms with Crippen LogP contribution >= 0.6 is 23.2 Å². The highest BCUT2D eigenvalue weighted by Crippen LogP contribution is 2.35. The van der Waals surface area contributed by atoms with Gasteiger partial charge in [0.05, 0.1) is 29.7 Å². The molecule has 0 heterocycles. The molecular formula is C31H33Cl2N5O6S. The summed E-state index contributed by atoms with van der Waals surface area (Å²) in [5, 5.41) is 22.9. The molecule has 0 saturated carbocycles. The normalized spacial score (nSPS) is 11.8. The van der Waals surface area contributed by atoms with E-state index >= 15 is 0 Å². The van der Waals surface area contributed by atoms with E-state index in [4.69, 9.17) is 33.6 Å². The first-order valence-electron chi connectivity index (χ1n) is 13.9. The van der Waals surface area contributed by atoms with Crippen LogP contribution in [0.25, 0.3) is 0 Å². The van der Waals surface area contributed by atoms with Gasteiger partial charge in [-0.25, -0.2) is 13.2 Å². The number of hydrogen-bond acceptors (Lipinski definition) is 6. The Morgan fingerprint density at radius 1 is 1.00 bits per heavy atom. The maximum atomic E-state index is 13.9. The first kappa shape index (κ1) is 35.3. The number of hydrogen-bond donors (Lipinski definition) is 3. The summed E-state index contributed by atoms with van der Waals surface area (Å²) in [4.78, 5) is 38.5. The molecule has 1 unspecified atom stereocenters. The van der Waals surface area contributed by atoms with Gasteiger partial charge in [0.2, 0.25) is 21.8 Å². The Morgan fingerprint density at radius 3 is 2.29 bits per heavy atom. The molecule has 0 aliphatic carbocycles. The van der Waals surface area contributed by atoms with Gasteiger partial charge in [0.15, 0.2) is 0 Å². The van der Waals surface area contributed by atoms with Gasteiger partial charge in [0, 0.05) is 30.7 Å². The van der Waals surface area contributed by atoms with E-state index in [9.17, 15) is 22.8 Å². The van der Waals surface area contributed by atoms with Gasteiger partial charge in [-0.3, -0.25) is 9.59 Å². The quantitative estimate of drug-likeness (QED) is 0.209. The van der Waals surface area contributed by atoms with Crippen molar-refractivity contribution < 1.29 is 27.9 Å². The number of rotatable bonds is 14. The summed E-state index contributed by atoms with van der Waals surface area (Å²) < 4.78 is 28.9. The predicted octanol–water partition coefficient (Wildman–Crippen LogP) is 4.73. The number of nitrogens with one attached hydrogen (secondary N) is 2. The molecule has 0 spiro atoms. The van der Waals surface area contributed by atoms with Crippen molar-refractivity contribution in [2.75, 3.05) is 26.2 Å². The molecule has 1 atom stereocenters. The van der Waals surface area contributed by atoms with Gasteiger partial charge < -0.3 is 20.6 Å². The predicted molar refractivity (Wildman–Crippen MR) is 170 cm³/mol. The van der Waals surface area contributed by atoms with Crippen LogP contribution in [0.2, 0.25) is 10.0 Å². The minimum Gasteiger partial charge on any atom is -0.465 e. The summed E-state index contributed by atoms with van der Waals surface area (Å²) in [5.74, 6) is -1.19. The number of halogens is 2. The smallest absolute Gasteiger partial charge is 0.404 e. The van der Waals surface area contributed by atoms with Crippen LogP contribution in [0, 0.1) is 18.3 Å². The van der Waals surface area contributed by atoms with Gasteiger partial charge in [0.1, 0.15) is 4.90 Å². The molecule has 14 heteroatoms. The summed E-state index contributed by atoms with van der Waals surface area (Å²) in [6.45, 7) is 2.62. The van der Waals surface area contributed by atoms with Crippen LogP contribution < -0.4 is 10.6 Å². The fraction of sp³-hybridized carbons (Fsp3) is 0.290. The van der Waals surface area contributed by atoms with E-state index in [1.54, 1.807) is 68.4 Å². The van der Waals surface area contributed by atoms with E-state index in [0.717, 1.165) is 9.87 Å². The number of nitriles is 1. The molecule has 11 nitrogen and oxygen atoms in total. The van der Waals surface area contributed by atoms with E-state index in [1.807, 2.05) is 6.07 Å². The maximum Gasteiger partial charge on any atom is 0.404 e. The van der Waals surface area contributed by atoms with Gasteiger partial charge in [-0.15, -0.1) is 0 Å². The number of carbonyl (C=O) groups is 3. The number of carboxylic acid groups (broad SMARTS) is 1. The number of benzene rings is 3. The lowest BCUT2D eigenvalue weighted by atomic mass is 10.1. The van der Waals surface area contributed by atoms with Gasteiger partial charge in [-0.05, 0) is 61.2 Å². The van der Waals surface area contributed by atoms with Crippen molar-refractivity contribution in [1.82, 2.24) is 19.8 Å². The van der Waals surface area contributed by atoms with Crippen molar-refractivity contribution in [3.63, 3.8) is 0 Å². The van der Waals surface area contributed by atoms with Crippen molar-refractivity contribution in [3.8, 4) is 6.07 Å². The van der Waals surface area contributed by atoms with E-state index in [1.165, 1.54) is 17.0 Å². The second-order valence-corrected chi connectivity index (χ2v) is 12.8. The molecule has 3 aromatic carbocycles. The third kappa shape index (κ3) is 9.67. The molecule has 238 valence electrons. The molecule has 0 aliphatic heterocycles. The maximum absolute atomic E-state index is 13.9. The van der Waals surface area contributed by atoms with Crippen molar-refractivity contribution in [2.45, 2.75) is 37.8 Å². The number of amides is 3. The minimum absolute atomic E-state index is 0.0563. The fourth-order valence-corrected chi connectivity index (χ4v) is 6.80. The molecule has 0 saturated heterocycles. The third-order valence-electron chi connectivity index (χ3n) is 7.01. The molecule has 3 aromatic rings. The zero-order valence-corrected chi connectivity index (χ0v) is 27.0. The van der Waals surface area contributed by atoms with Gasteiger partial charge in [-0.1, -0.05) is 65.7 Å². The third-order valence-corrected chi connectivity index (χ3v) is 9.98. The van der Waals surface area contributed by atoms with Crippen LogP contribution in [-0.4, -0.2) is 66.8 Å². The molecule has 3 amide bonds. The zero-order valence-electron chi connectivity index (χ0n) is 24.7. The van der Waals surface area contributed by atoms with E-state index in [2.05, 4.69) is 10.6 Å². The van der Waals surface area contributed by atoms with Crippen LogP contribution in [-0.2, 0) is 26.2 Å². The van der Waals surface area contributed by atoms with Crippen LogP contribution in [0.3, 0.4) is 0 Å². The Hall–Kier alpha value is -4.15. The first-order valence-corrected chi connectivity index (χ1v) is 16.1. The summed E-state index contributed by atoms with van der Waals surface area (Å²) >= 11 is 12.5. The van der Waals surface area contributed by atoms with Crippen LogP contribution in [0.4, 0.5) is 4.79 Å². The fourth-order valence-electron chi connectivity index (χ4n) is 4.44. The lowest BCUT2D eigenvalue weighted by Gasteiger charge is -2.29. The molecule has 45 heavy (non-hydrogen) atoms. The van der Waals surface area contributed by atoms with Gasteiger partial charge in [0.25, 0.3) is 0 Å². The number of sulfonamides is 1. The lowest BCUT2D eigenvalue weighted by molar-refractivity contribution is -0.133. The average molecular weight is 675 g/mol. The number of carbonyl (C=O) groups excluding carboxylic acids is 2. The summed E-state index contributed by atoms with van der Waals surface area (Å²) in [6.07, 6.45) is -0.879. The van der Waals surface area contributed by atoms with Crippen molar-refractivity contribution in [2.24, 2.45) is 0 Å². The van der Waals surface area contributed by atoms with Crippen molar-refractivity contribution in [3.05, 3.63) is 99.0 Å². The van der Waals surface area contributed by atoms with Crippen LogP contribution in [0.1, 0.15) is 41.6 Å². The SMILES string of the molecule is Cc1c(Cl)ccc(S(=O)(=O)N(CC(=O)NCC(=O)N(CCCNC(=O)O)Cc2ccc(C#N)cc2)C(C)c2ccccc2)c1Cl. The Labute approximate surface area is 272 Å². The highest BCUT2D eigenvalue weighted by Gasteiger charge is 2.34. The minimum atomic E-state index is -4.33. The highest BCUT2D eigenvalue weighted by atomic mass is 35.5. The van der Waals surface area contributed by atoms with Crippen LogP contribution in [0.5, 0.6) is 0 Å². The standard InChI is InChI=1S/C31H33Cl2N5O6S/c1-21-26(32)13-14-27(30(21)33)45(43,44)38(22(2)25-7-4-3-5-8-25)20-28(39)36-18-29(40)37(16-6-15-35-31(41)42)19-24-11-9-23(17-34)10-12-24/h3-5,7-14,22,35H,6,15-16,18-20H2,1-2H3,(H,36,39)(H,41,42). The number of nitrogens with zero attached hydrogens (tertiary/aromatic N) is 3. The second kappa shape index (κ2) is 16.2. The Kier molecular flexibility index (Phi) is 12.8. The molecule has 0 aliphatic rings. The molecule has 0 radical (unpaired) electrons. The van der Waals surface area contributed by atoms with Gasteiger partial charge >= 0.3 is 6.09 Å². The van der Waals surface area contributed by atoms with Crippen molar-refractivity contribution in [1.29, 1.82) is 5.26 Å². The zero-order chi connectivity index (χ0) is 33.1. The average Bonchev–Trinajstić information content (AvgIpc) is 3.02. The molecule has 0 fully saturated rings. The Balaban J connectivity index is 1.80. The van der Waals surface area contributed by atoms with Crippen molar-refractivity contribution >= 4 is 51.1 Å². The van der Waals surface area contributed by atoms with Gasteiger partial charge in [-0.2, -0.15) is 9.57 Å². The first-order chi connectivity index (χ1) is 21.3. The monoisotopic (exact) mass is 673 g/mol. The van der Waals surface area contributed by atoms with Crippen LogP contribution in [0.15, 0.2) is 71.6 Å². The molecule has 0 aromatic heterocycles. The van der Waals surface area contributed by atoms with E-state index in [-0.39, 0.29) is 29.6 Å². The molecule has 3 N–H and O–H groups in total. The molecule has 0 bridgehead atoms. The highest BCUT2D eigenvalue weighted by molar-refractivity contribution is 7.89. The van der Waals surface area contributed by atoms with E-state index in [0.29, 0.717) is 28.1 Å². The second-order valence-electron chi connectivity index (χ2n) is 10.1. The lowest BCUT2D eigenvalue weighted by Crippen LogP contribution is -2.46. The molecular weight excluding hydrogens is 641 g/mol. The summed E-state index contributed by atoms with van der Waals surface area (Å²) in [6, 6.07) is 19.4. The largest absolute Gasteiger partial charge is 0.465 e. The molecule has 3 rings (SSSR count). The summed E-state index contributed by atoms with van der Waals surface area (Å²) in [7, 11) is -4.33. The van der Waals surface area contributed by atoms with E-state index < -0.39 is 47.1 Å². The topological polar surface area (TPSA) is 160 Å².